The van der Waals surface area contributed by atoms with E-state index in [4.69, 9.17) is 11.6 Å². The molecule has 0 bridgehead atoms. The normalized spacial score (nSPS) is 24.8. The lowest BCUT2D eigenvalue weighted by atomic mass is 9.93. The topological polar surface area (TPSA) is 90.0 Å². The maximum absolute atomic E-state index is 12.9. The Balaban J connectivity index is 1.37. The number of likely N-dealkylation sites (tertiary alicyclic amines) is 1. The number of fused-ring (bicyclic) bond motifs is 1. The first-order valence-corrected chi connectivity index (χ1v) is 10.7. The molecule has 3 aliphatic rings. The van der Waals surface area contributed by atoms with Crippen molar-refractivity contribution in [3.63, 3.8) is 0 Å². The highest BCUT2D eigenvalue weighted by molar-refractivity contribution is 6.30. The highest BCUT2D eigenvalue weighted by Crippen LogP contribution is 2.31. The first-order valence-electron chi connectivity index (χ1n) is 10.3. The lowest BCUT2D eigenvalue weighted by Gasteiger charge is -2.35. The standard InChI is InChI=1S/C21H25ClN4O4/c1-13(27)24-9-6-14(7-10-24)19(28)23-16-8-11-25-18(12-16)20(29)26(21(25)30)17-4-2-15(22)3-5-17/h2-5,14,16,18H,6-12H2,1H3,(H,23,28)/t16-,18+/m1/s1. The Kier molecular flexibility index (Phi) is 5.69. The summed E-state index contributed by atoms with van der Waals surface area (Å²) < 4.78 is 0. The molecule has 0 spiro atoms. The Morgan fingerprint density at radius 2 is 1.70 bits per heavy atom. The fourth-order valence-electron chi connectivity index (χ4n) is 4.53. The van der Waals surface area contributed by atoms with Crippen LogP contribution in [0.2, 0.25) is 5.02 Å². The number of urea groups is 1. The number of imide groups is 1. The van der Waals surface area contributed by atoms with Gasteiger partial charge in [0.25, 0.3) is 5.91 Å². The van der Waals surface area contributed by atoms with E-state index >= 15 is 0 Å². The lowest BCUT2D eigenvalue weighted by Crippen LogP contribution is -2.51. The van der Waals surface area contributed by atoms with E-state index in [0.717, 1.165) is 0 Å². The number of carbonyl (C=O) groups is 4. The number of anilines is 1. The van der Waals surface area contributed by atoms with Crippen LogP contribution in [0.3, 0.4) is 0 Å². The number of benzene rings is 1. The van der Waals surface area contributed by atoms with Crippen molar-refractivity contribution in [3.8, 4) is 0 Å². The van der Waals surface area contributed by atoms with Crippen molar-refractivity contribution in [2.24, 2.45) is 5.92 Å². The SMILES string of the molecule is CC(=O)N1CCC(C(=O)N[C@@H]2CCN3C(=O)N(c4ccc(Cl)cc4)C(=O)[C@@H]3C2)CC1. The van der Waals surface area contributed by atoms with Crippen molar-refractivity contribution in [2.45, 2.75) is 44.7 Å². The molecule has 3 fully saturated rings. The van der Waals surface area contributed by atoms with E-state index in [1.54, 1.807) is 41.0 Å². The van der Waals surface area contributed by atoms with Crippen LogP contribution in [0.4, 0.5) is 10.5 Å². The van der Waals surface area contributed by atoms with Gasteiger partial charge in [0, 0.05) is 43.5 Å². The summed E-state index contributed by atoms with van der Waals surface area (Å²) in [5, 5.41) is 3.61. The molecule has 30 heavy (non-hydrogen) atoms. The first kappa shape index (κ1) is 20.7. The largest absolute Gasteiger partial charge is 0.353 e. The molecule has 8 nitrogen and oxygen atoms in total. The van der Waals surface area contributed by atoms with E-state index in [0.29, 0.717) is 56.0 Å². The molecule has 0 unspecified atom stereocenters. The van der Waals surface area contributed by atoms with Gasteiger partial charge in [-0.2, -0.15) is 0 Å². The Morgan fingerprint density at radius 1 is 1.03 bits per heavy atom. The second-order valence-corrected chi connectivity index (χ2v) is 8.59. The summed E-state index contributed by atoms with van der Waals surface area (Å²) in [7, 11) is 0. The number of rotatable bonds is 3. The van der Waals surface area contributed by atoms with Gasteiger partial charge in [-0.25, -0.2) is 9.69 Å². The smallest absolute Gasteiger partial charge is 0.332 e. The van der Waals surface area contributed by atoms with Crippen LogP contribution in [0.15, 0.2) is 24.3 Å². The molecular formula is C21H25ClN4O4. The fraction of sp³-hybridized carbons (Fsp3) is 0.524. The molecule has 3 saturated heterocycles. The molecule has 3 aliphatic heterocycles. The van der Waals surface area contributed by atoms with Crippen LogP contribution in [0.25, 0.3) is 0 Å². The summed E-state index contributed by atoms with van der Waals surface area (Å²) >= 11 is 5.91. The second-order valence-electron chi connectivity index (χ2n) is 8.15. The summed E-state index contributed by atoms with van der Waals surface area (Å²) in [6.07, 6.45) is 2.32. The number of halogens is 1. The summed E-state index contributed by atoms with van der Waals surface area (Å²) in [6, 6.07) is 5.57. The molecule has 0 radical (unpaired) electrons. The number of carbonyl (C=O) groups excluding carboxylic acids is 4. The fourth-order valence-corrected chi connectivity index (χ4v) is 4.66. The van der Waals surface area contributed by atoms with Crippen LogP contribution < -0.4 is 10.2 Å². The van der Waals surface area contributed by atoms with E-state index in [9.17, 15) is 19.2 Å². The van der Waals surface area contributed by atoms with E-state index < -0.39 is 6.04 Å². The van der Waals surface area contributed by atoms with E-state index in [-0.39, 0.29) is 35.7 Å². The first-order chi connectivity index (χ1) is 14.3. The zero-order valence-electron chi connectivity index (χ0n) is 16.8. The van der Waals surface area contributed by atoms with Crippen molar-refractivity contribution in [1.29, 1.82) is 0 Å². The number of nitrogens with zero attached hydrogens (tertiary/aromatic N) is 3. The number of piperidine rings is 2. The maximum Gasteiger partial charge on any atom is 0.332 e. The molecule has 1 aromatic carbocycles. The minimum absolute atomic E-state index is 0.0250. The molecule has 1 aromatic rings. The third-order valence-corrected chi connectivity index (χ3v) is 6.54. The average Bonchev–Trinajstić information content (AvgIpc) is 2.98. The van der Waals surface area contributed by atoms with Gasteiger partial charge in [-0.3, -0.25) is 14.4 Å². The monoisotopic (exact) mass is 432 g/mol. The third-order valence-electron chi connectivity index (χ3n) is 6.29. The molecule has 0 aliphatic carbocycles. The van der Waals surface area contributed by atoms with E-state index in [1.807, 2.05) is 0 Å². The van der Waals surface area contributed by atoms with Gasteiger partial charge in [0.15, 0.2) is 0 Å². The van der Waals surface area contributed by atoms with Crippen molar-refractivity contribution in [2.75, 3.05) is 24.5 Å². The van der Waals surface area contributed by atoms with Crippen LogP contribution in [-0.4, -0.2) is 65.3 Å². The molecule has 0 saturated carbocycles. The zero-order valence-corrected chi connectivity index (χ0v) is 17.6. The predicted molar refractivity (Wildman–Crippen MR) is 111 cm³/mol. The Morgan fingerprint density at radius 3 is 2.33 bits per heavy atom. The number of nitrogens with one attached hydrogen (secondary N) is 1. The van der Waals surface area contributed by atoms with Crippen molar-refractivity contribution >= 4 is 41.0 Å². The minimum atomic E-state index is -0.563. The quantitative estimate of drug-likeness (QED) is 0.740. The third kappa shape index (κ3) is 3.88. The number of hydrogen-bond donors (Lipinski definition) is 1. The lowest BCUT2D eigenvalue weighted by molar-refractivity contribution is -0.134. The molecule has 3 heterocycles. The summed E-state index contributed by atoms with van der Waals surface area (Å²) in [6.45, 7) is 3.16. The number of hydrogen-bond acceptors (Lipinski definition) is 4. The van der Waals surface area contributed by atoms with Gasteiger partial charge in [-0.05, 0) is 49.9 Å². The molecule has 1 N–H and O–H groups in total. The predicted octanol–water partition coefficient (Wildman–Crippen LogP) is 2.01. The number of amides is 5. The van der Waals surface area contributed by atoms with Gasteiger partial charge in [-0.1, -0.05) is 11.6 Å². The summed E-state index contributed by atoms with van der Waals surface area (Å²) in [5.41, 5.74) is 0.501. The summed E-state index contributed by atoms with van der Waals surface area (Å²) in [4.78, 5) is 54.4. The van der Waals surface area contributed by atoms with E-state index in [2.05, 4.69) is 5.32 Å². The van der Waals surface area contributed by atoms with Gasteiger partial charge in [0.2, 0.25) is 11.8 Å². The maximum atomic E-state index is 12.9. The second kappa shape index (κ2) is 8.26. The minimum Gasteiger partial charge on any atom is -0.353 e. The van der Waals surface area contributed by atoms with Crippen molar-refractivity contribution in [3.05, 3.63) is 29.3 Å². The molecule has 4 rings (SSSR count). The highest BCUT2D eigenvalue weighted by Gasteiger charge is 2.48. The molecule has 0 aromatic heterocycles. The van der Waals surface area contributed by atoms with Crippen LogP contribution in [0.1, 0.15) is 32.6 Å². The Labute approximate surface area is 180 Å². The van der Waals surface area contributed by atoms with Gasteiger partial charge >= 0.3 is 6.03 Å². The molecule has 160 valence electrons. The average molecular weight is 433 g/mol. The van der Waals surface area contributed by atoms with E-state index in [1.165, 1.54) is 4.90 Å². The van der Waals surface area contributed by atoms with Gasteiger partial charge in [-0.15, -0.1) is 0 Å². The molecule has 5 amide bonds. The van der Waals surface area contributed by atoms with Gasteiger partial charge < -0.3 is 15.1 Å². The summed E-state index contributed by atoms with van der Waals surface area (Å²) in [5.74, 6) is -0.375. The Hall–Kier alpha value is -2.61. The van der Waals surface area contributed by atoms with Crippen LogP contribution >= 0.6 is 11.6 Å². The van der Waals surface area contributed by atoms with Crippen molar-refractivity contribution in [1.82, 2.24) is 15.1 Å². The molecule has 9 heteroatoms. The molecule has 2 atom stereocenters. The molecular weight excluding hydrogens is 408 g/mol. The Bertz CT molecular complexity index is 866. The van der Waals surface area contributed by atoms with Crippen LogP contribution in [-0.2, 0) is 14.4 Å². The van der Waals surface area contributed by atoms with Crippen molar-refractivity contribution < 1.29 is 19.2 Å². The zero-order chi connectivity index (χ0) is 21.4. The highest BCUT2D eigenvalue weighted by atomic mass is 35.5. The van der Waals surface area contributed by atoms with Crippen LogP contribution in [0, 0.1) is 5.92 Å². The van der Waals surface area contributed by atoms with Crippen LogP contribution in [0.5, 0.6) is 0 Å². The van der Waals surface area contributed by atoms with Gasteiger partial charge in [0.1, 0.15) is 6.04 Å². The van der Waals surface area contributed by atoms with Gasteiger partial charge in [0.05, 0.1) is 5.69 Å².